The molecule has 0 amide bonds. The number of halogens is 3. The van der Waals surface area contributed by atoms with Gasteiger partial charge in [-0.3, -0.25) is 9.69 Å². The monoisotopic (exact) mass is 461 g/mol. The van der Waals surface area contributed by atoms with Gasteiger partial charge in [-0.25, -0.2) is 23.1 Å². The van der Waals surface area contributed by atoms with Crippen molar-refractivity contribution in [3.63, 3.8) is 0 Å². The molecule has 2 aliphatic heterocycles. The summed E-state index contributed by atoms with van der Waals surface area (Å²) in [5.41, 5.74) is -0.359. The maximum Gasteiger partial charge on any atom is 0.321 e. The molecule has 32 heavy (non-hydrogen) atoms. The average molecular weight is 461 g/mol. The van der Waals surface area contributed by atoms with E-state index in [9.17, 15) is 28.3 Å². The third kappa shape index (κ3) is 3.99. The molecule has 0 bridgehead atoms. The predicted molar refractivity (Wildman–Crippen MR) is 111 cm³/mol. The van der Waals surface area contributed by atoms with Crippen LogP contribution in [-0.2, 0) is 10.3 Å². The molecule has 166 valence electrons. The van der Waals surface area contributed by atoms with Crippen LogP contribution in [0.3, 0.4) is 0 Å². The minimum atomic E-state index is -3.16. The average Bonchev–Trinajstić information content (AvgIpc) is 3.36. The normalized spacial score (nSPS) is 25.2. The van der Waals surface area contributed by atoms with E-state index in [-0.39, 0.29) is 17.8 Å². The van der Waals surface area contributed by atoms with E-state index < -0.39 is 42.3 Å². The van der Waals surface area contributed by atoms with E-state index in [1.165, 1.54) is 35.6 Å². The highest BCUT2D eigenvalue weighted by Crippen LogP contribution is 2.39. The molecular weight excluding hydrogens is 443 g/mol. The predicted octanol–water partition coefficient (Wildman–Crippen LogP) is 3.12. The fraction of sp³-hybridized carbons (Fsp3) is 0.333. The summed E-state index contributed by atoms with van der Waals surface area (Å²) in [6.07, 6.45) is 0.768. The third-order valence-corrected chi connectivity index (χ3v) is 6.34. The van der Waals surface area contributed by atoms with Crippen molar-refractivity contribution in [2.75, 3.05) is 13.1 Å². The van der Waals surface area contributed by atoms with Crippen LogP contribution in [-0.4, -0.2) is 51.8 Å². The number of aliphatic carboxylic acids is 1. The van der Waals surface area contributed by atoms with Crippen molar-refractivity contribution in [2.45, 2.75) is 30.8 Å². The molecule has 0 saturated carbocycles. The molecule has 0 radical (unpaired) electrons. The van der Waals surface area contributed by atoms with Gasteiger partial charge >= 0.3 is 5.97 Å². The number of hydrogen-bond acceptors (Lipinski definition) is 7. The van der Waals surface area contributed by atoms with E-state index in [2.05, 4.69) is 21.4 Å². The summed E-state index contributed by atoms with van der Waals surface area (Å²) in [4.78, 5) is 21.6. The van der Waals surface area contributed by atoms with Gasteiger partial charge in [0.25, 0.3) is 5.92 Å². The summed E-state index contributed by atoms with van der Waals surface area (Å²) in [6.45, 7) is 0.696. The van der Waals surface area contributed by atoms with Gasteiger partial charge < -0.3 is 10.4 Å². The van der Waals surface area contributed by atoms with E-state index in [0.29, 0.717) is 16.4 Å². The Morgan fingerprint density at radius 1 is 1.41 bits per heavy atom. The molecule has 2 N–H and O–H groups in total. The molecule has 1 saturated heterocycles. The zero-order chi connectivity index (χ0) is 23.1. The van der Waals surface area contributed by atoms with Crippen molar-refractivity contribution in [2.24, 2.45) is 4.99 Å². The molecular formula is C21H18F3N5O2S. The Morgan fingerprint density at radius 2 is 2.12 bits per heavy atom. The van der Waals surface area contributed by atoms with Crippen LogP contribution in [0, 0.1) is 17.1 Å². The molecule has 2 aromatic rings. The van der Waals surface area contributed by atoms with Crippen molar-refractivity contribution in [3.8, 4) is 6.07 Å². The van der Waals surface area contributed by atoms with E-state index in [0.717, 1.165) is 4.90 Å². The summed E-state index contributed by atoms with van der Waals surface area (Å²) >= 11 is 1.29. The van der Waals surface area contributed by atoms with Crippen molar-refractivity contribution in [1.82, 2.24) is 15.2 Å². The van der Waals surface area contributed by atoms with Crippen LogP contribution in [0.15, 0.2) is 52.1 Å². The van der Waals surface area contributed by atoms with Crippen molar-refractivity contribution >= 4 is 23.1 Å². The molecule has 1 fully saturated rings. The Morgan fingerprint density at radius 3 is 2.72 bits per heavy atom. The third-order valence-electron chi connectivity index (χ3n) is 5.56. The Hall–Kier alpha value is -3.23. The molecule has 7 nitrogen and oxygen atoms in total. The van der Waals surface area contributed by atoms with Crippen LogP contribution in [0.2, 0.25) is 0 Å². The maximum absolute atomic E-state index is 14.0. The molecule has 0 aliphatic carbocycles. The number of amidine groups is 1. The molecule has 4 rings (SSSR count). The van der Waals surface area contributed by atoms with E-state index >= 15 is 0 Å². The van der Waals surface area contributed by atoms with E-state index in [1.807, 2.05) is 0 Å². The standard InChI is InChI=1S/C21H18F3N5O2S/c1-20(12-2-4-13(22)5-3-12)14(9-25)15(27-17(28-20)18-26-6-7-32-18)10-29-11-21(23,24)8-16(29)19(30)31/h2-7,16H,8,10-11H2,1H3,(H,27,28)(H,30,31)/t16-,20-/m0/s1. The number of aromatic nitrogens is 1. The summed E-state index contributed by atoms with van der Waals surface area (Å²) in [5.74, 6) is -4.65. The maximum atomic E-state index is 14.0. The Labute approximate surface area is 185 Å². The lowest BCUT2D eigenvalue weighted by Gasteiger charge is -2.34. The van der Waals surface area contributed by atoms with Crippen LogP contribution >= 0.6 is 11.3 Å². The first-order valence-corrected chi connectivity index (χ1v) is 10.5. The van der Waals surface area contributed by atoms with Gasteiger partial charge in [-0.15, -0.1) is 11.3 Å². The van der Waals surface area contributed by atoms with Gasteiger partial charge in [-0.2, -0.15) is 5.26 Å². The van der Waals surface area contributed by atoms with Crippen LogP contribution in [0.1, 0.15) is 23.9 Å². The number of nitriles is 1. The molecule has 1 aromatic carbocycles. The largest absolute Gasteiger partial charge is 0.480 e. The molecule has 2 atom stereocenters. The van der Waals surface area contributed by atoms with Crippen molar-refractivity contribution in [1.29, 1.82) is 5.26 Å². The van der Waals surface area contributed by atoms with Gasteiger partial charge in [0.2, 0.25) is 0 Å². The number of nitrogens with one attached hydrogen (secondary N) is 1. The summed E-state index contributed by atoms with van der Waals surface area (Å²) in [5, 5.41) is 24.7. The van der Waals surface area contributed by atoms with Gasteiger partial charge in [0.15, 0.2) is 10.8 Å². The second-order valence-electron chi connectivity index (χ2n) is 7.79. The quantitative estimate of drug-likeness (QED) is 0.710. The van der Waals surface area contributed by atoms with Gasteiger partial charge in [-0.05, 0) is 24.6 Å². The molecule has 11 heteroatoms. The Kier molecular flexibility index (Phi) is 5.52. The SMILES string of the molecule is C[C@@]1(c2ccc(F)cc2)N=C(c2nccs2)NC(CN2CC(F)(F)C[C@H]2C(=O)O)=C1C#N. The minimum Gasteiger partial charge on any atom is -0.480 e. The number of carbonyl (C=O) groups is 1. The van der Waals surface area contributed by atoms with E-state index in [1.54, 1.807) is 18.5 Å². The molecule has 2 aliphatic rings. The summed E-state index contributed by atoms with van der Waals surface area (Å²) in [7, 11) is 0. The highest BCUT2D eigenvalue weighted by atomic mass is 32.1. The number of benzene rings is 1. The summed E-state index contributed by atoms with van der Waals surface area (Å²) < 4.78 is 41.6. The topological polar surface area (TPSA) is 102 Å². The molecule has 0 spiro atoms. The van der Waals surface area contributed by atoms with Crippen molar-refractivity contribution in [3.05, 3.63) is 63.5 Å². The Bertz CT molecular complexity index is 1140. The number of carboxylic acid groups (broad SMARTS) is 1. The number of thiazole rings is 1. The van der Waals surface area contributed by atoms with Crippen molar-refractivity contribution < 1.29 is 23.1 Å². The molecule has 1 aromatic heterocycles. The fourth-order valence-corrected chi connectivity index (χ4v) is 4.60. The Balaban J connectivity index is 1.80. The number of likely N-dealkylation sites (tertiary alicyclic amines) is 1. The first-order chi connectivity index (χ1) is 15.1. The zero-order valence-corrected chi connectivity index (χ0v) is 17.7. The van der Waals surface area contributed by atoms with Gasteiger partial charge in [-0.1, -0.05) is 12.1 Å². The lowest BCUT2D eigenvalue weighted by Crippen LogP contribution is -2.45. The van der Waals surface area contributed by atoms with Gasteiger partial charge in [0.05, 0.1) is 18.2 Å². The van der Waals surface area contributed by atoms with Gasteiger partial charge in [0, 0.05) is 30.2 Å². The number of alkyl halides is 2. The van der Waals surface area contributed by atoms with Gasteiger partial charge in [0.1, 0.15) is 17.4 Å². The van der Waals surface area contributed by atoms with Crippen LogP contribution in [0.5, 0.6) is 0 Å². The number of aliphatic imine (C=N–C) groups is 1. The second kappa shape index (κ2) is 8.03. The van der Waals surface area contributed by atoms with Crippen LogP contribution < -0.4 is 5.32 Å². The number of nitrogens with zero attached hydrogens (tertiary/aromatic N) is 4. The second-order valence-corrected chi connectivity index (χ2v) is 8.68. The summed E-state index contributed by atoms with van der Waals surface area (Å²) in [6, 6.07) is 6.21. The number of hydrogen-bond donors (Lipinski definition) is 2. The molecule has 0 unspecified atom stereocenters. The smallest absolute Gasteiger partial charge is 0.321 e. The fourth-order valence-electron chi connectivity index (χ4n) is 4.02. The zero-order valence-electron chi connectivity index (χ0n) is 16.8. The van der Waals surface area contributed by atoms with Crippen LogP contribution in [0.4, 0.5) is 13.2 Å². The first kappa shape index (κ1) is 22.0. The highest BCUT2D eigenvalue weighted by Gasteiger charge is 2.49. The lowest BCUT2D eigenvalue weighted by atomic mass is 9.83. The lowest BCUT2D eigenvalue weighted by molar-refractivity contribution is -0.142. The molecule has 3 heterocycles. The minimum absolute atomic E-state index is 0.128. The highest BCUT2D eigenvalue weighted by molar-refractivity contribution is 7.11. The number of carboxylic acids is 1. The number of rotatable bonds is 5. The first-order valence-electron chi connectivity index (χ1n) is 9.64. The van der Waals surface area contributed by atoms with Crippen LogP contribution in [0.25, 0.3) is 0 Å². The van der Waals surface area contributed by atoms with E-state index in [4.69, 9.17) is 0 Å².